The third kappa shape index (κ3) is 0.952. The van der Waals surface area contributed by atoms with Gasteiger partial charge in [0.05, 0.1) is 5.57 Å². The van der Waals surface area contributed by atoms with E-state index >= 15 is 0 Å². The van der Waals surface area contributed by atoms with Gasteiger partial charge in [-0.15, -0.1) is 0 Å². The van der Waals surface area contributed by atoms with Gasteiger partial charge in [0.15, 0.2) is 5.84 Å². The van der Waals surface area contributed by atoms with E-state index in [4.69, 9.17) is 0 Å². The molecule has 0 saturated carbocycles. The topological polar surface area (TPSA) is 58.7 Å². The van der Waals surface area contributed by atoms with Crippen molar-refractivity contribution in [2.45, 2.75) is 0 Å². The van der Waals surface area contributed by atoms with Crippen LogP contribution >= 0.6 is 0 Å². The summed E-state index contributed by atoms with van der Waals surface area (Å²) in [6.07, 6.45) is 4.87. The summed E-state index contributed by atoms with van der Waals surface area (Å²) in [7, 11) is 1.48. The van der Waals surface area contributed by atoms with Crippen LogP contribution < -0.4 is 0 Å². The molecule has 0 radical (unpaired) electrons. The molecule has 0 aromatic carbocycles. The summed E-state index contributed by atoms with van der Waals surface area (Å²) in [6, 6.07) is 0. The van der Waals surface area contributed by atoms with Crippen molar-refractivity contribution in [3.05, 3.63) is 11.6 Å². The number of hydrogen-bond donors (Lipinski definition) is 0. The van der Waals surface area contributed by atoms with E-state index in [9.17, 15) is 0 Å². The van der Waals surface area contributed by atoms with Crippen LogP contribution in [0.15, 0.2) is 31.8 Å². The fourth-order valence-corrected chi connectivity index (χ4v) is 0.971. The van der Waals surface area contributed by atoms with Crippen LogP contribution in [0.5, 0.6) is 0 Å². The van der Waals surface area contributed by atoms with Crippen LogP contribution in [0.25, 0.3) is 0 Å². The van der Waals surface area contributed by atoms with E-state index in [1.807, 2.05) is 0 Å². The van der Waals surface area contributed by atoms with Crippen LogP contribution in [0.2, 0.25) is 0 Å². The summed E-state index contributed by atoms with van der Waals surface area (Å²) in [4.78, 5) is 16.5. The summed E-state index contributed by atoms with van der Waals surface area (Å²) in [5, 5.41) is 3.72. The Labute approximate surface area is 68.9 Å². The van der Waals surface area contributed by atoms with Crippen LogP contribution in [-0.2, 0) is 4.84 Å². The van der Waals surface area contributed by atoms with Crippen molar-refractivity contribution in [1.29, 1.82) is 0 Å². The van der Waals surface area contributed by atoms with Crippen molar-refractivity contribution in [2.24, 2.45) is 20.1 Å². The molecule has 5 heteroatoms. The maximum atomic E-state index is 4.61. The Morgan fingerprint density at radius 2 is 2.33 bits per heavy atom. The molecule has 0 spiro atoms. The maximum absolute atomic E-state index is 4.61. The van der Waals surface area contributed by atoms with E-state index in [1.54, 1.807) is 12.3 Å². The second-order valence-corrected chi connectivity index (χ2v) is 2.15. The van der Waals surface area contributed by atoms with Crippen molar-refractivity contribution >= 4 is 24.2 Å². The van der Waals surface area contributed by atoms with Gasteiger partial charge in [0, 0.05) is 6.21 Å². The third-order valence-electron chi connectivity index (χ3n) is 1.46. The normalized spacial score (nSPS) is 22.2. The van der Waals surface area contributed by atoms with Gasteiger partial charge in [-0.05, 0) is 6.08 Å². The minimum Gasteiger partial charge on any atom is -0.397 e. The zero-order valence-corrected chi connectivity index (χ0v) is 6.43. The van der Waals surface area contributed by atoms with Crippen molar-refractivity contribution in [2.75, 3.05) is 7.11 Å². The summed E-state index contributed by atoms with van der Waals surface area (Å²) < 4.78 is 0. The molecular formula is C7H6N4O. The quantitative estimate of drug-likeness (QED) is 0.515. The van der Waals surface area contributed by atoms with Gasteiger partial charge in [0.2, 0.25) is 5.84 Å². The van der Waals surface area contributed by atoms with Gasteiger partial charge in [0.1, 0.15) is 13.4 Å². The van der Waals surface area contributed by atoms with Gasteiger partial charge in [-0.25, -0.2) is 15.0 Å². The zero-order valence-electron chi connectivity index (χ0n) is 6.43. The highest BCUT2D eigenvalue weighted by molar-refractivity contribution is 6.32. The fourth-order valence-electron chi connectivity index (χ4n) is 0.971. The molecular weight excluding hydrogens is 156 g/mol. The second-order valence-electron chi connectivity index (χ2n) is 2.15. The minimum atomic E-state index is 0.514. The highest BCUT2D eigenvalue weighted by Gasteiger charge is 2.18. The van der Waals surface area contributed by atoms with E-state index in [0.29, 0.717) is 11.7 Å². The highest BCUT2D eigenvalue weighted by atomic mass is 16.6. The molecule has 0 aromatic heterocycles. The summed E-state index contributed by atoms with van der Waals surface area (Å²) >= 11 is 0. The lowest BCUT2D eigenvalue weighted by Gasteiger charge is -2.03. The molecule has 2 aliphatic heterocycles. The van der Waals surface area contributed by atoms with Crippen LogP contribution in [0, 0.1) is 0 Å². The van der Waals surface area contributed by atoms with Crippen LogP contribution in [0.1, 0.15) is 0 Å². The molecule has 2 heterocycles. The number of hydrogen-bond acceptors (Lipinski definition) is 4. The van der Waals surface area contributed by atoms with Crippen molar-refractivity contribution in [3.8, 4) is 0 Å². The number of nitrogens with zero attached hydrogens (tertiary/aromatic N) is 4. The standard InChI is InChI=1S/C7H6N4O/c1-12-11-7-5-2-3-8-6(5)9-4-10-7/h2-4H,1H3. The van der Waals surface area contributed by atoms with Gasteiger partial charge in [0.25, 0.3) is 0 Å². The average Bonchev–Trinajstić information content (AvgIpc) is 2.53. The third-order valence-corrected chi connectivity index (χ3v) is 1.46. The number of rotatable bonds is 1. The first-order valence-corrected chi connectivity index (χ1v) is 3.38. The Morgan fingerprint density at radius 1 is 1.42 bits per heavy atom. The van der Waals surface area contributed by atoms with Crippen LogP contribution in [-0.4, -0.2) is 31.3 Å². The molecule has 12 heavy (non-hydrogen) atoms. The SMILES string of the molecule is CON=C1N=CN=C2N=CC=C21. The molecule has 0 unspecified atom stereocenters. The van der Waals surface area contributed by atoms with E-state index < -0.39 is 0 Å². The lowest BCUT2D eigenvalue weighted by atomic mass is 10.2. The van der Waals surface area contributed by atoms with E-state index in [-0.39, 0.29) is 0 Å². The Kier molecular flexibility index (Phi) is 1.55. The number of allylic oxidation sites excluding steroid dienone is 1. The van der Waals surface area contributed by atoms with Gasteiger partial charge >= 0.3 is 0 Å². The number of oxime groups is 1. The molecule has 2 rings (SSSR count). The van der Waals surface area contributed by atoms with Gasteiger partial charge < -0.3 is 4.84 Å². The maximum Gasteiger partial charge on any atom is 0.203 e. The molecule has 5 nitrogen and oxygen atoms in total. The Morgan fingerprint density at radius 3 is 3.17 bits per heavy atom. The highest BCUT2D eigenvalue weighted by Crippen LogP contribution is 2.11. The molecule has 60 valence electrons. The lowest BCUT2D eigenvalue weighted by Crippen LogP contribution is -2.11. The first-order valence-electron chi connectivity index (χ1n) is 3.38. The van der Waals surface area contributed by atoms with Crippen molar-refractivity contribution < 1.29 is 4.84 Å². The minimum absolute atomic E-state index is 0.514. The van der Waals surface area contributed by atoms with E-state index in [2.05, 4.69) is 25.0 Å². The number of amidine groups is 2. The molecule has 0 saturated heterocycles. The Balaban J connectivity index is 2.39. The molecule has 0 aliphatic carbocycles. The van der Waals surface area contributed by atoms with Gasteiger partial charge in [-0.1, -0.05) is 5.16 Å². The van der Waals surface area contributed by atoms with Crippen molar-refractivity contribution in [3.63, 3.8) is 0 Å². The first kappa shape index (κ1) is 6.90. The van der Waals surface area contributed by atoms with E-state index in [0.717, 1.165) is 5.57 Å². The summed E-state index contributed by atoms with van der Waals surface area (Å²) in [6.45, 7) is 0. The average molecular weight is 162 g/mol. The predicted molar refractivity (Wildman–Crippen MR) is 46.9 cm³/mol. The molecule has 0 atom stereocenters. The Bertz CT molecular complexity index is 348. The van der Waals surface area contributed by atoms with Crippen LogP contribution in [0.3, 0.4) is 0 Å². The predicted octanol–water partition coefficient (Wildman–Crippen LogP) is 0.398. The Hall–Kier alpha value is -1.78. The molecule has 2 aliphatic rings. The molecule has 0 amide bonds. The molecule has 0 fully saturated rings. The molecule has 0 N–H and O–H groups in total. The van der Waals surface area contributed by atoms with Gasteiger partial charge in [-0.2, -0.15) is 0 Å². The monoisotopic (exact) mass is 162 g/mol. The second kappa shape index (κ2) is 2.69. The fraction of sp³-hybridized carbons (Fsp3) is 0.143. The largest absolute Gasteiger partial charge is 0.397 e. The molecule has 0 bridgehead atoms. The first-order chi connectivity index (χ1) is 5.92. The summed E-state index contributed by atoms with van der Waals surface area (Å²) in [5.74, 6) is 1.15. The molecule has 0 aromatic rings. The lowest BCUT2D eigenvalue weighted by molar-refractivity contribution is 0.213. The zero-order chi connectivity index (χ0) is 8.39. The van der Waals surface area contributed by atoms with Crippen molar-refractivity contribution in [1.82, 2.24) is 0 Å². The van der Waals surface area contributed by atoms with Crippen LogP contribution in [0.4, 0.5) is 0 Å². The smallest absolute Gasteiger partial charge is 0.203 e. The number of fused-ring (bicyclic) bond motifs is 1. The number of aliphatic imine (C=N–C) groups is 3. The van der Waals surface area contributed by atoms with Gasteiger partial charge in [-0.3, -0.25) is 0 Å². The van der Waals surface area contributed by atoms with E-state index in [1.165, 1.54) is 13.4 Å². The summed E-state index contributed by atoms with van der Waals surface area (Å²) in [5.41, 5.74) is 0.805.